The third-order valence-corrected chi connectivity index (χ3v) is 3.78. The Morgan fingerprint density at radius 3 is 2.50 bits per heavy atom. The van der Waals surface area contributed by atoms with E-state index in [1.54, 1.807) is 12.1 Å². The van der Waals surface area contributed by atoms with Gasteiger partial charge < -0.3 is 5.11 Å². The molecule has 3 rings (SSSR count). The Morgan fingerprint density at radius 1 is 1.04 bits per heavy atom. The van der Waals surface area contributed by atoms with Crippen molar-refractivity contribution >= 4 is 11.0 Å². The van der Waals surface area contributed by atoms with Crippen LogP contribution in [0.4, 0.5) is 13.2 Å². The average molecular weight is 335 g/mol. The first-order chi connectivity index (χ1) is 11.4. The molecule has 7 heteroatoms. The summed E-state index contributed by atoms with van der Waals surface area (Å²) >= 11 is 0. The second-order valence-corrected chi connectivity index (χ2v) is 5.62. The molecule has 0 aliphatic carbocycles. The number of nitrogens with zero attached hydrogens (tertiary/aromatic N) is 3. The highest BCUT2D eigenvalue weighted by atomic mass is 19.4. The van der Waals surface area contributed by atoms with Crippen molar-refractivity contribution in [1.82, 2.24) is 15.0 Å². The van der Waals surface area contributed by atoms with Gasteiger partial charge in [0.2, 0.25) is 0 Å². The van der Waals surface area contributed by atoms with Crippen LogP contribution in [-0.4, -0.2) is 20.1 Å². The van der Waals surface area contributed by atoms with Crippen LogP contribution in [0.15, 0.2) is 36.4 Å². The fourth-order valence-electron chi connectivity index (χ4n) is 2.46. The zero-order chi connectivity index (χ0) is 17.3. The molecule has 24 heavy (non-hydrogen) atoms. The second-order valence-electron chi connectivity index (χ2n) is 5.62. The summed E-state index contributed by atoms with van der Waals surface area (Å²) in [6.07, 6.45) is -1.53. The monoisotopic (exact) mass is 335 g/mol. The Balaban J connectivity index is 2.03. The summed E-state index contributed by atoms with van der Waals surface area (Å²) in [5.74, 6) is -0.0217. The minimum atomic E-state index is -4.43. The van der Waals surface area contributed by atoms with Crippen molar-refractivity contribution in [2.24, 2.45) is 0 Å². The highest BCUT2D eigenvalue weighted by Gasteiger charge is 2.31. The molecule has 4 nitrogen and oxygen atoms in total. The van der Waals surface area contributed by atoms with Crippen LogP contribution in [-0.2, 0) is 12.6 Å². The number of hydrogen-bond donors (Lipinski definition) is 1. The van der Waals surface area contributed by atoms with Gasteiger partial charge in [-0.2, -0.15) is 13.2 Å². The third kappa shape index (κ3) is 3.20. The van der Waals surface area contributed by atoms with Gasteiger partial charge in [0.05, 0.1) is 5.56 Å². The molecule has 1 aromatic heterocycles. The molecule has 0 amide bonds. The van der Waals surface area contributed by atoms with Crippen LogP contribution in [0.3, 0.4) is 0 Å². The van der Waals surface area contributed by atoms with Crippen LogP contribution < -0.4 is 0 Å². The molecule has 2 aromatic carbocycles. The number of halogens is 3. The maximum Gasteiger partial charge on any atom is 0.416 e. The fraction of sp³-hybridized carbons (Fsp3) is 0.294. The number of aromatic hydroxyl groups is 1. The van der Waals surface area contributed by atoms with Gasteiger partial charge in [-0.1, -0.05) is 19.4 Å². The summed E-state index contributed by atoms with van der Waals surface area (Å²) in [5, 5.41) is 18.3. The number of unbranched alkanes of at least 4 members (excludes halogenated alkanes) is 1. The first-order valence-electron chi connectivity index (χ1n) is 7.65. The molecule has 0 unspecified atom stereocenters. The first-order valence-corrected chi connectivity index (χ1v) is 7.65. The highest BCUT2D eigenvalue weighted by Crippen LogP contribution is 2.31. The van der Waals surface area contributed by atoms with Crippen LogP contribution in [0.1, 0.15) is 30.9 Å². The number of benzene rings is 2. The Labute approximate surface area is 136 Å². The second kappa shape index (κ2) is 6.14. The highest BCUT2D eigenvalue weighted by molar-refractivity contribution is 5.75. The first kappa shape index (κ1) is 16.3. The number of rotatable bonds is 4. The summed E-state index contributed by atoms with van der Waals surface area (Å²) in [6.45, 7) is 2.08. The summed E-state index contributed by atoms with van der Waals surface area (Å²) < 4.78 is 38.4. The van der Waals surface area contributed by atoms with E-state index in [1.807, 2.05) is 6.07 Å². The van der Waals surface area contributed by atoms with E-state index in [9.17, 15) is 18.3 Å². The SMILES string of the molecule is CCCCc1ccc(O)c(-n2nc3ccc(C(F)(F)F)cc3n2)c1. The predicted molar refractivity (Wildman–Crippen MR) is 84.1 cm³/mol. The van der Waals surface area contributed by atoms with Crippen molar-refractivity contribution in [1.29, 1.82) is 0 Å². The lowest BCUT2D eigenvalue weighted by Crippen LogP contribution is -2.04. The largest absolute Gasteiger partial charge is 0.506 e. The molecule has 0 aliphatic rings. The minimum absolute atomic E-state index is 0.0217. The normalized spacial score (nSPS) is 12.0. The maximum absolute atomic E-state index is 12.8. The molecule has 3 aromatic rings. The van der Waals surface area contributed by atoms with Crippen molar-refractivity contribution in [2.45, 2.75) is 32.4 Å². The Kier molecular flexibility index (Phi) is 4.17. The summed E-state index contributed by atoms with van der Waals surface area (Å²) in [4.78, 5) is 1.18. The van der Waals surface area contributed by atoms with Gasteiger partial charge in [-0.3, -0.25) is 0 Å². The smallest absolute Gasteiger partial charge is 0.416 e. The predicted octanol–water partition coefficient (Wildman–Crippen LogP) is 4.49. The van der Waals surface area contributed by atoms with E-state index >= 15 is 0 Å². The van der Waals surface area contributed by atoms with Gasteiger partial charge in [-0.15, -0.1) is 15.0 Å². The molecule has 0 atom stereocenters. The maximum atomic E-state index is 12.8. The number of alkyl halides is 3. The summed E-state index contributed by atoms with van der Waals surface area (Å²) in [7, 11) is 0. The zero-order valence-corrected chi connectivity index (χ0v) is 13.0. The van der Waals surface area contributed by atoms with Gasteiger partial charge in [0, 0.05) is 0 Å². The Bertz CT molecular complexity index is 871. The number of phenols is 1. The van der Waals surface area contributed by atoms with E-state index < -0.39 is 11.7 Å². The summed E-state index contributed by atoms with van der Waals surface area (Å²) in [5.41, 5.74) is 1.06. The van der Waals surface area contributed by atoms with E-state index in [0.29, 0.717) is 11.2 Å². The van der Waals surface area contributed by atoms with Crippen molar-refractivity contribution in [3.8, 4) is 11.4 Å². The number of fused-ring (bicyclic) bond motifs is 1. The Morgan fingerprint density at radius 2 is 1.79 bits per heavy atom. The molecule has 0 fully saturated rings. The molecule has 126 valence electrons. The third-order valence-electron chi connectivity index (χ3n) is 3.78. The molecule has 1 heterocycles. The molecule has 0 bridgehead atoms. The van der Waals surface area contributed by atoms with Crippen LogP contribution in [0.5, 0.6) is 5.75 Å². The fourth-order valence-corrected chi connectivity index (χ4v) is 2.46. The van der Waals surface area contributed by atoms with Gasteiger partial charge in [0.1, 0.15) is 22.5 Å². The number of hydrogen-bond acceptors (Lipinski definition) is 3. The molecular weight excluding hydrogens is 319 g/mol. The molecule has 0 aliphatic heterocycles. The quantitative estimate of drug-likeness (QED) is 0.764. The molecular formula is C17H16F3N3O. The van der Waals surface area contributed by atoms with Crippen molar-refractivity contribution < 1.29 is 18.3 Å². The van der Waals surface area contributed by atoms with Crippen molar-refractivity contribution in [3.05, 3.63) is 47.5 Å². The van der Waals surface area contributed by atoms with Crippen molar-refractivity contribution in [3.63, 3.8) is 0 Å². The van der Waals surface area contributed by atoms with E-state index in [4.69, 9.17) is 0 Å². The Hall–Kier alpha value is -2.57. The molecule has 0 saturated heterocycles. The molecule has 0 saturated carbocycles. The lowest BCUT2D eigenvalue weighted by Gasteiger charge is -2.06. The van der Waals surface area contributed by atoms with E-state index in [1.165, 1.54) is 10.9 Å². The van der Waals surface area contributed by atoms with E-state index in [2.05, 4.69) is 17.1 Å². The van der Waals surface area contributed by atoms with Crippen LogP contribution in [0.25, 0.3) is 16.7 Å². The van der Waals surface area contributed by atoms with Gasteiger partial charge in [-0.05, 0) is 48.7 Å². The van der Waals surface area contributed by atoms with Gasteiger partial charge in [-0.25, -0.2) is 0 Å². The van der Waals surface area contributed by atoms with E-state index in [0.717, 1.165) is 37.0 Å². The van der Waals surface area contributed by atoms with Crippen LogP contribution >= 0.6 is 0 Å². The van der Waals surface area contributed by atoms with Crippen molar-refractivity contribution in [2.75, 3.05) is 0 Å². The molecule has 0 radical (unpaired) electrons. The van der Waals surface area contributed by atoms with Gasteiger partial charge in [0.15, 0.2) is 0 Å². The average Bonchev–Trinajstić information content (AvgIpc) is 2.96. The van der Waals surface area contributed by atoms with Gasteiger partial charge >= 0.3 is 6.18 Å². The van der Waals surface area contributed by atoms with Crippen LogP contribution in [0, 0.1) is 0 Å². The lowest BCUT2D eigenvalue weighted by atomic mass is 10.1. The number of aryl methyl sites for hydroxylation is 1. The molecule has 0 spiro atoms. The lowest BCUT2D eigenvalue weighted by molar-refractivity contribution is -0.137. The standard InChI is InChI=1S/C17H16F3N3O/c1-2-3-4-11-5-8-16(24)15(9-11)23-21-13-7-6-12(17(18,19)20)10-14(13)22-23/h5-10,24H,2-4H2,1H3. The van der Waals surface area contributed by atoms with Crippen LogP contribution in [0.2, 0.25) is 0 Å². The topological polar surface area (TPSA) is 50.9 Å². The summed E-state index contributed by atoms with van der Waals surface area (Å²) in [6, 6.07) is 8.33. The van der Waals surface area contributed by atoms with E-state index in [-0.39, 0.29) is 11.3 Å². The number of phenolic OH excluding ortho intramolecular Hbond substituents is 1. The minimum Gasteiger partial charge on any atom is -0.506 e. The molecule has 1 N–H and O–H groups in total. The number of aromatic nitrogens is 3. The van der Waals surface area contributed by atoms with Gasteiger partial charge in [0.25, 0.3) is 0 Å². The zero-order valence-electron chi connectivity index (χ0n) is 13.0.